The number of hydrogen-bond donors (Lipinski definition) is 1. The van der Waals surface area contributed by atoms with Crippen LogP contribution in [0.2, 0.25) is 0 Å². The van der Waals surface area contributed by atoms with Gasteiger partial charge < -0.3 is 10.1 Å². The first kappa shape index (κ1) is 13.7. The molecule has 0 heterocycles. The van der Waals surface area contributed by atoms with Crippen molar-refractivity contribution in [1.82, 2.24) is 5.32 Å². The van der Waals surface area contributed by atoms with Crippen LogP contribution in [0, 0.1) is 0 Å². The van der Waals surface area contributed by atoms with Gasteiger partial charge in [-0.15, -0.1) is 0 Å². The van der Waals surface area contributed by atoms with E-state index in [1.165, 1.54) is 0 Å². The summed E-state index contributed by atoms with van der Waals surface area (Å²) in [6.07, 6.45) is 9.67. The van der Waals surface area contributed by atoms with Gasteiger partial charge in [-0.25, -0.2) is 0 Å². The van der Waals surface area contributed by atoms with Crippen molar-refractivity contribution in [2.24, 2.45) is 0 Å². The van der Waals surface area contributed by atoms with Gasteiger partial charge in [0.25, 0.3) is 0 Å². The topological polar surface area (TPSA) is 38.3 Å². The molecule has 1 atom stereocenters. The van der Waals surface area contributed by atoms with Crippen molar-refractivity contribution in [3.8, 4) is 0 Å². The smallest absolute Gasteiger partial charge is 0.152 e. The van der Waals surface area contributed by atoms with Crippen LogP contribution < -0.4 is 5.32 Å². The third kappa shape index (κ3) is 5.50. The molecule has 0 aromatic carbocycles. The fourth-order valence-electron chi connectivity index (χ4n) is 1.69. The maximum atomic E-state index is 10.9. The van der Waals surface area contributed by atoms with Crippen LogP contribution in [0.15, 0.2) is 35.6 Å². The number of rotatable bonds is 6. The zero-order valence-corrected chi connectivity index (χ0v) is 10.8. The second-order valence-corrected chi connectivity index (χ2v) is 4.29. The first-order valence-corrected chi connectivity index (χ1v) is 6.02. The highest BCUT2D eigenvalue weighted by atomic mass is 16.5. The molecule has 0 aromatic heterocycles. The lowest BCUT2D eigenvalue weighted by molar-refractivity contribution is -0.112. The van der Waals surface area contributed by atoms with Crippen LogP contribution in [0.4, 0.5) is 0 Å². The summed E-state index contributed by atoms with van der Waals surface area (Å²) in [6.45, 7) is 4.41. The molecule has 0 saturated carbocycles. The molecule has 0 aromatic rings. The number of hydrogen-bond acceptors (Lipinski definition) is 3. The molecule has 0 aliphatic heterocycles. The minimum absolute atomic E-state index is 0.0754. The second-order valence-electron chi connectivity index (χ2n) is 4.29. The van der Waals surface area contributed by atoms with Gasteiger partial charge >= 0.3 is 0 Å². The standard InChI is InChI=1S/C14H21NO2/c1-11(16)7-8-13-5-4-6-14(9-13)17-12(2)10-15-3/h6-9,12,15H,4-5,10H2,1-3H3/b8-7+/t12-/m1/s1. The molecule has 0 radical (unpaired) electrons. The van der Waals surface area contributed by atoms with Gasteiger partial charge in [0.15, 0.2) is 5.78 Å². The van der Waals surface area contributed by atoms with Crippen molar-refractivity contribution in [3.05, 3.63) is 35.6 Å². The Kier molecular flexibility index (Phi) is 5.70. The number of nitrogens with one attached hydrogen (secondary N) is 1. The van der Waals surface area contributed by atoms with E-state index in [4.69, 9.17) is 4.74 Å². The molecule has 0 unspecified atom stereocenters. The Bertz CT molecular complexity index is 353. The summed E-state index contributed by atoms with van der Waals surface area (Å²) in [7, 11) is 1.91. The fraction of sp³-hybridized carbons (Fsp3) is 0.500. The summed E-state index contributed by atoms with van der Waals surface area (Å²) >= 11 is 0. The highest BCUT2D eigenvalue weighted by Crippen LogP contribution is 2.20. The SMILES string of the molecule is CNC[C@@H](C)OC1=CCCC(/C=C/C(C)=O)=C1. The van der Waals surface area contributed by atoms with Crippen molar-refractivity contribution in [1.29, 1.82) is 0 Å². The normalized spacial score (nSPS) is 17.6. The molecular weight excluding hydrogens is 214 g/mol. The van der Waals surface area contributed by atoms with E-state index in [0.29, 0.717) is 0 Å². The maximum absolute atomic E-state index is 10.9. The lowest BCUT2D eigenvalue weighted by Gasteiger charge is -2.18. The van der Waals surface area contributed by atoms with Gasteiger partial charge in [0.1, 0.15) is 11.9 Å². The first-order valence-electron chi connectivity index (χ1n) is 6.02. The van der Waals surface area contributed by atoms with E-state index in [9.17, 15) is 4.79 Å². The number of carbonyl (C=O) groups excluding carboxylic acids is 1. The van der Waals surface area contributed by atoms with Crippen LogP contribution in [0.1, 0.15) is 26.7 Å². The Balaban J connectivity index is 2.57. The van der Waals surface area contributed by atoms with Gasteiger partial charge in [0, 0.05) is 6.54 Å². The fourth-order valence-corrected chi connectivity index (χ4v) is 1.69. The molecule has 3 nitrogen and oxygen atoms in total. The lowest BCUT2D eigenvalue weighted by atomic mass is 10.0. The van der Waals surface area contributed by atoms with Crippen LogP contribution in [-0.4, -0.2) is 25.5 Å². The molecule has 1 aliphatic rings. The molecule has 94 valence electrons. The van der Waals surface area contributed by atoms with Crippen LogP contribution >= 0.6 is 0 Å². The van der Waals surface area contributed by atoms with Crippen LogP contribution in [0.25, 0.3) is 0 Å². The molecule has 0 fully saturated rings. The average molecular weight is 235 g/mol. The van der Waals surface area contributed by atoms with Crippen molar-refractivity contribution in [3.63, 3.8) is 0 Å². The van der Waals surface area contributed by atoms with Gasteiger partial charge in [-0.05, 0) is 57.5 Å². The Hall–Kier alpha value is -1.35. The Morgan fingerprint density at radius 2 is 2.41 bits per heavy atom. The Labute approximate surface area is 103 Å². The van der Waals surface area contributed by atoms with E-state index in [-0.39, 0.29) is 11.9 Å². The van der Waals surface area contributed by atoms with E-state index in [1.807, 2.05) is 26.1 Å². The third-order valence-electron chi connectivity index (χ3n) is 2.47. The second kappa shape index (κ2) is 7.07. The lowest BCUT2D eigenvalue weighted by Crippen LogP contribution is -2.23. The number of allylic oxidation sites excluding steroid dienone is 5. The summed E-state index contributed by atoms with van der Waals surface area (Å²) in [4.78, 5) is 10.9. The number of ketones is 1. The van der Waals surface area contributed by atoms with Gasteiger partial charge in [0.2, 0.25) is 0 Å². The Morgan fingerprint density at radius 3 is 3.06 bits per heavy atom. The molecule has 1 rings (SSSR count). The zero-order valence-electron chi connectivity index (χ0n) is 10.8. The van der Waals surface area contributed by atoms with Crippen LogP contribution in [0.3, 0.4) is 0 Å². The van der Waals surface area contributed by atoms with E-state index >= 15 is 0 Å². The first-order chi connectivity index (χ1) is 8.11. The van der Waals surface area contributed by atoms with Crippen LogP contribution in [0.5, 0.6) is 0 Å². The molecule has 3 heteroatoms. The molecule has 0 spiro atoms. The minimum atomic E-state index is 0.0754. The number of likely N-dealkylation sites (N-methyl/N-ethyl adjacent to an activating group) is 1. The molecular formula is C14H21NO2. The quantitative estimate of drug-likeness (QED) is 0.718. The molecule has 1 N–H and O–H groups in total. The molecule has 0 amide bonds. The maximum Gasteiger partial charge on any atom is 0.152 e. The van der Waals surface area contributed by atoms with Gasteiger partial charge in [-0.3, -0.25) is 4.79 Å². The Morgan fingerprint density at radius 1 is 1.65 bits per heavy atom. The summed E-state index contributed by atoms with van der Waals surface area (Å²) in [5, 5.41) is 3.08. The molecule has 0 saturated heterocycles. The highest BCUT2D eigenvalue weighted by Gasteiger charge is 2.07. The largest absolute Gasteiger partial charge is 0.490 e. The van der Waals surface area contributed by atoms with Crippen molar-refractivity contribution in [2.75, 3.05) is 13.6 Å². The van der Waals surface area contributed by atoms with Gasteiger partial charge in [-0.1, -0.05) is 6.08 Å². The van der Waals surface area contributed by atoms with E-state index in [0.717, 1.165) is 30.7 Å². The monoisotopic (exact) mass is 235 g/mol. The third-order valence-corrected chi connectivity index (χ3v) is 2.47. The van der Waals surface area contributed by atoms with E-state index < -0.39 is 0 Å². The molecule has 0 bridgehead atoms. The summed E-state index contributed by atoms with van der Waals surface area (Å²) in [6, 6.07) is 0. The van der Waals surface area contributed by atoms with E-state index in [2.05, 4.69) is 11.4 Å². The van der Waals surface area contributed by atoms with Gasteiger partial charge in [-0.2, -0.15) is 0 Å². The van der Waals surface area contributed by atoms with E-state index in [1.54, 1.807) is 13.0 Å². The van der Waals surface area contributed by atoms with Gasteiger partial charge in [0.05, 0.1) is 0 Å². The number of ether oxygens (including phenoxy) is 1. The summed E-state index contributed by atoms with van der Waals surface area (Å²) in [5.74, 6) is 0.980. The molecule has 1 aliphatic carbocycles. The highest BCUT2D eigenvalue weighted by molar-refractivity contribution is 5.87. The summed E-state index contributed by atoms with van der Waals surface area (Å²) < 4.78 is 5.77. The predicted molar refractivity (Wildman–Crippen MR) is 69.7 cm³/mol. The number of carbonyl (C=O) groups is 1. The van der Waals surface area contributed by atoms with Crippen molar-refractivity contribution >= 4 is 5.78 Å². The minimum Gasteiger partial charge on any atom is -0.490 e. The van der Waals surface area contributed by atoms with Crippen molar-refractivity contribution in [2.45, 2.75) is 32.8 Å². The average Bonchev–Trinajstić information content (AvgIpc) is 2.27. The zero-order chi connectivity index (χ0) is 12.7. The summed E-state index contributed by atoms with van der Waals surface area (Å²) in [5.41, 5.74) is 1.15. The van der Waals surface area contributed by atoms with Crippen LogP contribution in [-0.2, 0) is 9.53 Å². The molecule has 17 heavy (non-hydrogen) atoms. The van der Waals surface area contributed by atoms with Crippen molar-refractivity contribution < 1.29 is 9.53 Å². The predicted octanol–water partition coefficient (Wildman–Crippen LogP) is 2.36.